The molecule has 2 aromatic carbocycles. The van der Waals surface area contributed by atoms with E-state index in [9.17, 15) is 9.18 Å². The second-order valence-corrected chi connectivity index (χ2v) is 5.09. The fraction of sp³-hybridized carbons (Fsp3) is 0.0714. The molecule has 0 aliphatic rings. The Hall–Kier alpha value is -1.63. The molecule has 0 bridgehead atoms. The van der Waals surface area contributed by atoms with Gasteiger partial charge in [-0.15, -0.1) is 0 Å². The average molecular weight is 372 g/mol. The van der Waals surface area contributed by atoms with Gasteiger partial charge in [-0.2, -0.15) is 0 Å². The molecule has 0 saturated heterocycles. The number of aromatic carboxylic acids is 1. The summed E-state index contributed by atoms with van der Waals surface area (Å²) in [5, 5.41) is 9.01. The van der Waals surface area contributed by atoms with E-state index in [1.165, 1.54) is 12.1 Å². The van der Waals surface area contributed by atoms with Gasteiger partial charge in [0.25, 0.3) is 0 Å². The summed E-state index contributed by atoms with van der Waals surface area (Å²) < 4.78 is 19.7. The minimum Gasteiger partial charge on any atom is -0.489 e. The Kier molecular flexibility index (Phi) is 4.36. The van der Waals surface area contributed by atoms with Crippen molar-refractivity contribution in [1.82, 2.24) is 0 Å². The van der Waals surface area contributed by atoms with Crippen LogP contribution >= 0.6 is 22.6 Å². The molecule has 0 aliphatic heterocycles. The lowest BCUT2D eigenvalue weighted by atomic mass is 10.1. The van der Waals surface area contributed by atoms with Crippen molar-refractivity contribution >= 4 is 28.6 Å². The zero-order chi connectivity index (χ0) is 13.8. The van der Waals surface area contributed by atoms with E-state index in [0.29, 0.717) is 11.3 Å². The van der Waals surface area contributed by atoms with Gasteiger partial charge in [-0.05, 0) is 65.1 Å². The third kappa shape index (κ3) is 3.66. The Balaban J connectivity index is 2.16. The van der Waals surface area contributed by atoms with Crippen LogP contribution in [0.15, 0.2) is 42.5 Å². The number of hydrogen-bond donors (Lipinski definition) is 1. The van der Waals surface area contributed by atoms with Gasteiger partial charge in [-0.25, -0.2) is 9.18 Å². The molecule has 0 aliphatic carbocycles. The van der Waals surface area contributed by atoms with E-state index in [1.807, 2.05) is 12.1 Å². The Labute approximate surface area is 123 Å². The maximum atomic E-state index is 13.1. The van der Waals surface area contributed by atoms with Gasteiger partial charge in [0.1, 0.15) is 18.2 Å². The largest absolute Gasteiger partial charge is 0.489 e. The van der Waals surface area contributed by atoms with Gasteiger partial charge in [0.2, 0.25) is 0 Å². The van der Waals surface area contributed by atoms with Crippen molar-refractivity contribution in [3.05, 3.63) is 63.0 Å². The van der Waals surface area contributed by atoms with Crippen molar-refractivity contribution in [2.24, 2.45) is 0 Å². The Morgan fingerprint density at radius 2 is 1.89 bits per heavy atom. The Morgan fingerprint density at radius 1 is 1.21 bits per heavy atom. The van der Waals surface area contributed by atoms with Gasteiger partial charge in [0, 0.05) is 9.13 Å². The van der Waals surface area contributed by atoms with E-state index >= 15 is 0 Å². The van der Waals surface area contributed by atoms with Crippen LogP contribution < -0.4 is 4.74 Å². The highest BCUT2D eigenvalue weighted by molar-refractivity contribution is 14.1. The Bertz CT molecular complexity index is 596. The van der Waals surface area contributed by atoms with E-state index < -0.39 is 11.8 Å². The van der Waals surface area contributed by atoms with Crippen LogP contribution in [-0.2, 0) is 6.61 Å². The predicted octanol–water partition coefficient (Wildman–Crippen LogP) is 3.71. The first-order valence-corrected chi connectivity index (χ1v) is 6.54. The number of benzene rings is 2. The molecule has 0 fully saturated rings. The summed E-state index contributed by atoms with van der Waals surface area (Å²) in [5.41, 5.74) is 0.359. The molecule has 0 amide bonds. The fourth-order valence-electron chi connectivity index (χ4n) is 1.58. The van der Waals surface area contributed by atoms with E-state index in [1.54, 1.807) is 12.1 Å². The molecule has 3 nitrogen and oxygen atoms in total. The number of ether oxygens (including phenoxy) is 1. The molecule has 2 aromatic rings. The van der Waals surface area contributed by atoms with Gasteiger partial charge in [-0.3, -0.25) is 0 Å². The number of carbonyl (C=O) groups is 1. The molecule has 2 rings (SSSR count). The minimum absolute atomic E-state index is 0.0139. The average Bonchev–Trinajstić information content (AvgIpc) is 2.38. The lowest BCUT2D eigenvalue weighted by molar-refractivity contribution is 0.0694. The molecule has 0 atom stereocenters. The smallest absolute Gasteiger partial charge is 0.336 e. The second-order valence-electron chi connectivity index (χ2n) is 3.85. The number of rotatable bonds is 4. The van der Waals surface area contributed by atoms with Crippen molar-refractivity contribution < 1.29 is 19.0 Å². The third-order valence-corrected chi connectivity index (χ3v) is 3.22. The molecule has 1 N–H and O–H groups in total. The van der Waals surface area contributed by atoms with Crippen molar-refractivity contribution in [2.75, 3.05) is 0 Å². The maximum absolute atomic E-state index is 13.1. The molecular weight excluding hydrogens is 362 g/mol. The fourth-order valence-corrected chi connectivity index (χ4v) is 1.94. The summed E-state index contributed by atoms with van der Waals surface area (Å²) in [4.78, 5) is 11.0. The van der Waals surface area contributed by atoms with Gasteiger partial charge < -0.3 is 9.84 Å². The summed E-state index contributed by atoms with van der Waals surface area (Å²) in [6.07, 6.45) is 0. The van der Waals surface area contributed by atoms with Crippen molar-refractivity contribution in [2.45, 2.75) is 6.61 Å². The highest BCUT2D eigenvalue weighted by Crippen LogP contribution is 2.17. The quantitative estimate of drug-likeness (QED) is 0.833. The van der Waals surface area contributed by atoms with Crippen LogP contribution in [0, 0.1) is 9.39 Å². The highest BCUT2D eigenvalue weighted by Gasteiger charge is 2.11. The van der Waals surface area contributed by atoms with Crippen LogP contribution in [0.25, 0.3) is 0 Å². The van der Waals surface area contributed by atoms with Crippen LogP contribution in [0.1, 0.15) is 15.9 Å². The molecule has 98 valence electrons. The van der Waals surface area contributed by atoms with Gasteiger partial charge in [0.15, 0.2) is 0 Å². The monoisotopic (exact) mass is 372 g/mol. The number of carboxylic acids is 1. The van der Waals surface area contributed by atoms with E-state index in [2.05, 4.69) is 22.6 Å². The van der Waals surface area contributed by atoms with Gasteiger partial charge >= 0.3 is 5.97 Å². The molecule has 0 aromatic heterocycles. The van der Waals surface area contributed by atoms with Crippen LogP contribution in [-0.4, -0.2) is 11.1 Å². The molecule has 0 unspecified atom stereocenters. The van der Waals surface area contributed by atoms with Crippen LogP contribution in [0.3, 0.4) is 0 Å². The summed E-state index contributed by atoms with van der Waals surface area (Å²) in [5.74, 6) is -0.964. The normalized spacial score (nSPS) is 10.2. The zero-order valence-corrected chi connectivity index (χ0v) is 11.9. The molecule has 0 spiro atoms. The summed E-state index contributed by atoms with van der Waals surface area (Å²) in [7, 11) is 0. The first-order chi connectivity index (χ1) is 9.06. The van der Waals surface area contributed by atoms with Crippen molar-refractivity contribution in [1.29, 1.82) is 0 Å². The number of halogens is 2. The standard InChI is InChI=1S/C14H10FIO3/c15-10-1-6-13(14(17)18)9(7-10)8-19-12-4-2-11(16)3-5-12/h1-7H,8H2,(H,17,18). The van der Waals surface area contributed by atoms with Gasteiger partial charge in [-0.1, -0.05) is 0 Å². The molecular formula is C14H10FIO3. The van der Waals surface area contributed by atoms with E-state index in [0.717, 1.165) is 9.64 Å². The first-order valence-electron chi connectivity index (χ1n) is 5.46. The summed E-state index contributed by atoms with van der Waals surface area (Å²) in [6.45, 7) is 0.0139. The zero-order valence-electron chi connectivity index (χ0n) is 9.77. The van der Waals surface area contributed by atoms with E-state index in [4.69, 9.17) is 9.84 Å². The first kappa shape index (κ1) is 13.8. The topological polar surface area (TPSA) is 46.5 Å². The van der Waals surface area contributed by atoms with Crippen LogP contribution in [0.4, 0.5) is 4.39 Å². The van der Waals surface area contributed by atoms with E-state index in [-0.39, 0.29) is 12.2 Å². The molecule has 19 heavy (non-hydrogen) atoms. The van der Waals surface area contributed by atoms with Crippen LogP contribution in [0.2, 0.25) is 0 Å². The van der Waals surface area contributed by atoms with Crippen molar-refractivity contribution in [3.63, 3.8) is 0 Å². The summed E-state index contributed by atoms with van der Waals surface area (Å²) >= 11 is 2.17. The lowest BCUT2D eigenvalue weighted by Crippen LogP contribution is -2.06. The Morgan fingerprint density at radius 3 is 2.53 bits per heavy atom. The lowest BCUT2D eigenvalue weighted by Gasteiger charge is -2.09. The van der Waals surface area contributed by atoms with Crippen molar-refractivity contribution in [3.8, 4) is 5.75 Å². The predicted molar refractivity (Wildman–Crippen MR) is 76.9 cm³/mol. The summed E-state index contributed by atoms with van der Waals surface area (Å²) in [6, 6.07) is 10.8. The molecule has 0 radical (unpaired) electrons. The molecule has 0 heterocycles. The number of carboxylic acid groups (broad SMARTS) is 1. The SMILES string of the molecule is O=C(O)c1ccc(F)cc1COc1ccc(I)cc1. The third-order valence-electron chi connectivity index (χ3n) is 2.51. The van der Waals surface area contributed by atoms with Crippen LogP contribution in [0.5, 0.6) is 5.75 Å². The molecule has 5 heteroatoms. The minimum atomic E-state index is -1.10. The molecule has 0 saturated carbocycles. The number of hydrogen-bond acceptors (Lipinski definition) is 2. The maximum Gasteiger partial charge on any atom is 0.336 e. The second kappa shape index (κ2) is 6.01. The highest BCUT2D eigenvalue weighted by atomic mass is 127. The van der Waals surface area contributed by atoms with Gasteiger partial charge in [0.05, 0.1) is 5.56 Å².